The molecule has 4 nitrogen and oxygen atoms in total. The van der Waals surface area contributed by atoms with Crippen molar-refractivity contribution in [3.63, 3.8) is 0 Å². The molecule has 124 valence electrons. The maximum absolute atomic E-state index is 11.7. The first-order valence-corrected chi connectivity index (χ1v) is 8.46. The lowest BCUT2D eigenvalue weighted by molar-refractivity contribution is -0.151. The van der Waals surface area contributed by atoms with Gasteiger partial charge < -0.3 is 9.64 Å². The summed E-state index contributed by atoms with van der Waals surface area (Å²) in [6, 6.07) is 0. The lowest BCUT2D eigenvalue weighted by Gasteiger charge is -2.22. The molecule has 1 atom stereocenters. The average Bonchev–Trinajstić information content (AvgIpc) is 2.45. The zero-order chi connectivity index (χ0) is 16.1. The molecular formula is C17H33NO3. The molecule has 0 spiro atoms. The summed E-state index contributed by atoms with van der Waals surface area (Å²) in [7, 11) is 0. The van der Waals surface area contributed by atoms with Crippen LogP contribution in [0.2, 0.25) is 0 Å². The fourth-order valence-corrected chi connectivity index (χ4v) is 2.35. The van der Waals surface area contributed by atoms with E-state index in [4.69, 9.17) is 4.74 Å². The van der Waals surface area contributed by atoms with Crippen LogP contribution in [0.1, 0.15) is 66.2 Å². The number of ether oxygens (including phenoxy) is 1. The van der Waals surface area contributed by atoms with Crippen molar-refractivity contribution in [1.29, 1.82) is 0 Å². The molecular weight excluding hydrogens is 266 g/mol. The predicted molar refractivity (Wildman–Crippen MR) is 86.3 cm³/mol. The number of carbonyl (C=O) groups is 2. The van der Waals surface area contributed by atoms with Crippen LogP contribution < -0.4 is 0 Å². The quantitative estimate of drug-likeness (QED) is 0.386. The lowest BCUT2D eigenvalue weighted by atomic mass is 9.99. The van der Waals surface area contributed by atoms with E-state index in [0.29, 0.717) is 13.0 Å². The number of nitrogens with zero attached hydrogens (tertiary/aromatic N) is 1. The van der Waals surface area contributed by atoms with Crippen LogP contribution in [0.3, 0.4) is 0 Å². The number of rotatable bonds is 13. The molecule has 0 fully saturated rings. The van der Waals surface area contributed by atoms with Crippen molar-refractivity contribution >= 4 is 11.8 Å². The molecule has 0 radical (unpaired) electrons. The molecule has 0 heterocycles. The third-order valence-corrected chi connectivity index (χ3v) is 3.68. The number of hydrogen-bond acceptors (Lipinski definition) is 4. The minimum Gasteiger partial charge on any atom is -0.465 e. The Balaban J connectivity index is 4.22. The highest BCUT2D eigenvalue weighted by atomic mass is 16.5. The van der Waals surface area contributed by atoms with E-state index in [1.165, 1.54) is 32.6 Å². The number of ketones is 1. The molecule has 4 heteroatoms. The highest BCUT2D eigenvalue weighted by Gasteiger charge is 2.24. The predicted octanol–water partition coefficient (Wildman–Crippen LogP) is 3.44. The number of Topliss-reactive ketones (excluding diaryl/α,β-unsaturated/α-hetero) is 1. The third-order valence-electron chi connectivity index (χ3n) is 3.68. The smallest absolute Gasteiger partial charge is 0.316 e. The summed E-state index contributed by atoms with van der Waals surface area (Å²) in [5, 5.41) is 0. The van der Waals surface area contributed by atoms with Crippen molar-refractivity contribution < 1.29 is 14.3 Å². The molecule has 0 rings (SSSR count). The van der Waals surface area contributed by atoms with Crippen molar-refractivity contribution in [2.24, 2.45) is 5.92 Å². The third kappa shape index (κ3) is 9.62. The van der Waals surface area contributed by atoms with Gasteiger partial charge in [-0.05, 0) is 59.2 Å². The van der Waals surface area contributed by atoms with Crippen molar-refractivity contribution in [3.05, 3.63) is 0 Å². The Bertz CT molecular complexity index is 284. The van der Waals surface area contributed by atoms with Crippen molar-refractivity contribution in [3.8, 4) is 0 Å². The molecule has 0 aromatic rings. The van der Waals surface area contributed by atoms with Crippen LogP contribution in [-0.4, -0.2) is 42.9 Å². The molecule has 0 aliphatic heterocycles. The fourth-order valence-electron chi connectivity index (χ4n) is 2.35. The van der Waals surface area contributed by atoms with Gasteiger partial charge in [0.05, 0.1) is 6.61 Å². The maximum Gasteiger partial charge on any atom is 0.316 e. The van der Waals surface area contributed by atoms with Gasteiger partial charge in [-0.1, -0.05) is 26.7 Å². The molecule has 0 saturated carbocycles. The normalized spacial score (nSPS) is 12.4. The number of unbranched alkanes of at least 4 members (excludes halogenated alkanes) is 2. The highest BCUT2D eigenvalue weighted by Crippen LogP contribution is 2.12. The largest absolute Gasteiger partial charge is 0.465 e. The molecule has 0 aliphatic rings. The molecule has 1 unspecified atom stereocenters. The van der Waals surface area contributed by atoms with Gasteiger partial charge in [-0.15, -0.1) is 0 Å². The van der Waals surface area contributed by atoms with Gasteiger partial charge in [0.25, 0.3) is 0 Å². The molecule has 21 heavy (non-hydrogen) atoms. The van der Waals surface area contributed by atoms with E-state index < -0.39 is 5.92 Å². The summed E-state index contributed by atoms with van der Waals surface area (Å²) in [4.78, 5) is 25.8. The molecule has 0 amide bonds. The SMILES string of the molecule is CCCCN(CCCC)CCCC(C(C)=O)C(=O)OCC. The van der Waals surface area contributed by atoms with Crippen LogP contribution >= 0.6 is 0 Å². The van der Waals surface area contributed by atoms with Gasteiger partial charge in [0.1, 0.15) is 11.7 Å². The zero-order valence-corrected chi connectivity index (χ0v) is 14.3. The summed E-state index contributed by atoms with van der Waals surface area (Å²) in [6.07, 6.45) is 6.28. The molecule has 0 aromatic heterocycles. The Labute approximate surface area is 130 Å². The Morgan fingerprint density at radius 2 is 1.48 bits per heavy atom. The molecule has 0 saturated heterocycles. The number of hydrogen-bond donors (Lipinski definition) is 0. The fraction of sp³-hybridized carbons (Fsp3) is 0.882. The topological polar surface area (TPSA) is 46.6 Å². The minimum absolute atomic E-state index is 0.0814. The summed E-state index contributed by atoms with van der Waals surface area (Å²) < 4.78 is 4.98. The molecule has 0 N–H and O–H groups in total. The number of carbonyl (C=O) groups excluding carboxylic acids is 2. The standard InChI is InChI=1S/C17H33NO3/c1-5-8-12-18(13-9-6-2)14-10-11-16(15(4)19)17(20)21-7-3/h16H,5-14H2,1-4H3. The van der Waals surface area contributed by atoms with Crippen molar-refractivity contribution in [2.45, 2.75) is 66.2 Å². The van der Waals surface area contributed by atoms with Gasteiger partial charge in [0, 0.05) is 0 Å². The zero-order valence-electron chi connectivity index (χ0n) is 14.3. The lowest BCUT2D eigenvalue weighted by Crippen LogP contribution is -2.29. The van der Waals surface area contributed by atoms with Crippen LogP contribution in [0.15, 0.2) is 0 Å². The first-order valence-electron chi connectivity index (χ1n) is 8.46. The van der Waals surface area contributed by atoms with Crippen LogP contribution in [0, 0.1) is 5.92 Å². The first-order chi connectivity index (χ1) is 10.1. The van der Waals surface area contributed by atoms with E-state index in [9.17, 15) is 9.59 Å². The minimum atomic E-state index is -0.579. The van der Waals surface area contributed by atoms with Gasteiger partial charge in [0.15, 0.2) is 0 Å². The van der Waals surface area contributed by atoms with E-state index >= 15 is 0 Å². The van der Waals surface area contributed by atoms with Gasteiger partial charge >= 0.3 is 5.97 Å². The maximum atomic E-state index is 11.7. The van der Waals surface area contributed by atoms with Crippen molar-refractivity contribution in [1.82, 2.24) is 4.90 Å². The van der Waals surface area contributed by atoms with E-state index in [2.05, 4.69) is 18.7 Å². The van der Waals surface area contributed by atoms with Crippen LogP contribution in [0.5, 0.6) is 0 Å². The first kappa shape index (κ1) is 20.1. The molecule has 0 aromatic carbocycles. The van der Waals surface area contributed by atoms with Gasteiger partial charge in [-0.25, -0.2) is 0 Å². The van der Waals surface area contributed by atoms with Gasteiger partial charge in [-0.2, -0.15) is 0 Å². The van der Waals surface area contributed by atoms with Crippen LogP contribution in [0.4, 0.5) is 0 Å². The van der Waals surface area contributed by atoms with E-state index in [1.54, 1.807) is 6.92 Å². The Morgan fingerprint density at radius 1 is 0.952 bits per heavy atom. The Morgan fingerprint density at radius 3 is 1.90 bits per heavy atom. The second kappa shape index (κ2) is 12.8. The van der Waals surface area contributed by atoms with Gasteiger partial charge in [-0.3, -0.25) is 9.59 Å². The summed E-state index contributed by atoms with van der Waals surface area (Å²) in [5.74, 6) is -1.02. The number of esters is 1. The highest BCUT2D eigenvalue weighted by molar-refractivity contribution is 5.97. The van der Waals surface area contributed by atoms with Crippen LogP contribution in [-0.2, 0) is 14.3 Å². The van der Waals surface area contributed by atoms with E-state index in [0.717, 1.165) is 26.1 Å². The molecule has 0 bridgehead atoms. The summed E-state index contributed by atoms with van der Waals surface area (Å²) in [5.41, 5.74) is 0. The molecule has 0 aliphatic carbocycles. The summed E-state index contributed by atoms with van der Waals surface area (Å²) >= 11 is 0. The van der Waals surface area contributed by atoms with Crippen LogP contribution in [0.25, 0.3) is 0 Å². The van der Waals surface area contributed by atoms with Gasteiger partial charge in [0.2, 0.25) is 0 Å². The monoisotopic (exact) mass is 299 g/mol. The second-order valence-corrected chi connectivity index (χ2v) is 5.61. The second-order valence-electron chi connectivity index (χ2n) is 5.61. The van der Waals surface area contributed by atoms with E-state index in [-0.39, 0.29) is 11.8 Å². The van der Waals surface area contributed by atoms with E-state index in [1.807, 2.05) is 0 Å². The summed E-state index contributed by atoms with van der Waals surface area (Å²) in [6.45, 7) is 11.2. The Kier molecular flexibility index (Phi) is 12.3. The Hall–Kier alpha value is -0.900. The average molecular weight is 299 g/mol. The van der Waals surface area contributed by atoms with Crippen molar-refractivity contribution in [2.75, 3.05) is 26.2 Å².